The molecule has 2 aromatic heterocycles. The summed E-state index contributed by atoms with van der Waals surface area (Å²) in [6.45, 7) is 3.84. The molecule has 0 spiro atoms. The molecule has 0 atom stereocenters. The number of hydrogen-bond acceptors (Lipinski definition) is 6. The molecule has 0 saturated heterocycles. The quantitative estimate of drug-likeness (QED) is 0.659. The summed E-state index contributed by atoms with van der Waals surface area (Å²) in [6, 6.07) is 9.79. The van der Waals surface area contributed by atoms with Gasteiger partial charge in [-0.05, 0) is 37.1 Å². The number of unbranched alkanes of at least 4 members (excludes halogenated alkanes) is 1. The first-order chi connectivity index (χ1) is 13.3. The SMILES string of the molecule is CCCCc1nc(=O)c(S(=O)(=O)c2ccc(-c3cccnc3C)cc2)c(O)[nH]1. The fourth-order valence-electron chi connectivity index (χ4n) is 2.92. The molecule has 1 aromatic carbocycles. The highest BCUT2D eigenvalue weighted by Gasteiger charge is 2.27. The van der Waals surface area contributed by atoms with Gasteiger partial charge in [0.1, 0.15) is 5.82 Å². The lowest BCUT2D eigenvalue weighted by Gasteiger charge is -2.09. The van der Waals surface area contributed by atoms with Gasteiger partial charge in [-0.3, -0.25) is 9.78 Å². The van der Waals surface area contributed by atoms with Crippen LogP contribution in [0.15, 0.2) is 57.2 Å². The van der Waals surface area contributed by atoms with Crippen molar-refractivity contribution in [1.29, 1.82) is 0 Å². The van der Waals surface area contributed by atoms with Crippen molar-refractivity contribution in [3.63, 3.8) is 0 Å². The fourth-order valence-corrected chi connectivity index (χ4v) is 4.23. The highest BCUT2D eigenvalue weighted by molar-refractivity contribution is 7.91. The predicted octanol–water partition coefficient (Wildman–Crippen LogP) is 3.02. The summed E-state index contributed by atoms with van der Waals surface area (Å²) in [7, 11) is -4.22. The van der Waals surface area contributed by atoms with Crippen molar-refractivity contribution < 1.29 is 13.5 Å². The van der Waals surface area contributed by atoms with Crippen molar-refractivity contribution in [2.24, 2.45) is 0 Å². The molecule has 0 saturated carbocycles. The summed E-state index contributed by atoms with van der Waals surface area (Å²) in [4.78, 5) is 22.0. The van der Waals surface area contributed by atoms with Gasteiger partial charge < -0.3 is 10.1 Å². The van der Waals surface area contributed by atoms with Crippen molar-refractivity contribution in [3.05, 3.63) is 64.5 Å². The molecule has 8 heteroatoms. The van der Waals surface area contributed by atoms with Gasteiger partial charge in [-0.25, -0.2) is 8.42 Å². The van der Waals surface area contributed by atoms with Crippen LogP contribution in [0, 0.1) is 6.92 Å². The molecule has 0 aliphatic carbocycles. The minimum atomic E-state index is -4.22. The van der Waals surface area contributed by atoms with Crippen LogP contribution < -0.4 is 5.56 Å². The molecule has 0 fully saturated rings. The first-order valence-corrected chi connectivity index (χ1v) is 10.4. The second kappa shape index (κ2) is 7.93. The van der Waals surface area contributed by atoms with E-state index in [0.29, 0.717) is 6.42 Å². The lowest BCUT2D eigenvalue weighted by Crippen LogP contribution is -2.21. The molecule has 0 amide bonds. The maximum Gasteiger partial charge on any atom is 0.296 e. The molecule has 28 heavy (non-hydrogen) atoms. The Morgan fingerprint density at radius 2 is 1.86 bits per heavy atom. The van der Waals surface area contributed by atoms with E-state index in [1.54, 1.807) is 24.4 Å². The van der Waals surface area contributed by atoms with Gasteiger partial charge in [0.2, 0.25) is 15.7 Å². The summed E-state index contributed by atoms with van der Waals surface area (Å²) >= 11 is 0. The average Bonchev–Trinajstić information content (AvgIpc) is 2.66. The number of aromatic nitrogens is 3. The number of sulfone groups is 1. The lowest BCUT2D eigenvalue weighted by atomic mass is 10.1. The number of benzene rings is 1. The zero-order valence-corrected chi connectivity index (χ0v) is 16.5. The molecular weight excluding hydrogens is 378 g/mol. The molecule has 146 valence electrons. The van der Waals surface area contributed by atoms with Crippen LogP contribution in [0.4, 0.5) is 0 Å². The Balaban J connectivity index is 2.00. The molecule has 2 heterocycles. The van der Waals surface area contributed by atoms with Crippen LogP contribution in [0.5, 0.6) is 5.88 Å². The number of aromatic amines is 1. The third-order valence-corrected chi connectivity index (χ3v) is 6.23. The summed E-state index contributed by atoms with van der Waals surface area (Å²) in [5, 5.41) is 10.2. The van der Waals surface area contributed by atoms with Gasteiger partial charge in [-0.2, -0.15) is 4.98 Å². The summed E-state index contributed by atoms with van der Waals surface area (Å²) in [6.07, 6.45) is 3.79. The molecular formula is C20H21N3O4S. The van der Waals surface area contributed by atoms with Crippen LogP contribution in [0.25, 0.3) is 11.1 Å². The van der Waals surface area contributed by atoms with E-state index in [1.165, 1.54) is 12.1 Å². The molecule has 0 aliphatic heterocycles. The summed E-state index contributed by atoms with van der Waals surface area (Å²) in [5.74, 6) is -0.413. The molecule has 3 rings (SSSR count). The van der Waals surface area contributed by atoms with E-state index in [4.69, 9.17) is 0 Å². The minimum absolute atomic E-state index is 0.0956. The maximum absolute atomic E-state index is 12.9. The Bertz CT molecular complexity index is 1150. The van der Waals surface area contributed by atoms with Crippen LogP contribution >= 0.6 is 0 Å². The van der Waals surface area contributed by atoms with Crippen LogP contribution in [-0.2, 0) is 16.3 Å². The van der Waals surface area contributed by atoms with Gasteiger partial charge >= 0.3 is 0 Å². The normalized spacial score (nSPS) is 11.5. The van der Waals surface area contributed by atoms with Crippen LogP contribution in [0.3, 0.4) is 0 Å². The Morgan fingerprint density at radius 1 is 1.14 bits per heavy atom. The predicted molar refractivity (Wildman–Crippen MR) is 105 cm³/mol. The topological polar surface area (TPSA) is 113 Å². The van der Waals surface area contributed by atoms with E-state index in [2.05, 4.69) is 15.0 Å². The van der Waals surface area contributed by atoms with Gasteiger partial charge in [0.25, 0.3) is 5.56 Å². The standard InChI is InChI=1S/C20H21N3O4S/c1-3-4-7-17-22-19(24)18(20(25)23-17)28(26,27)15-10-8-14(9-11-15)16-6-5-12-21-13(16)2/h5-6,8-12H,3-4,7H2,1-2H3,(H2,22,23,24,25). The Labute approximate surface area is 163 Å². The molecule has 2 N–H and O–H groups in total. The van der Waals surface area contributed by atoms with Crippen LogP contribution in [0.1, 0.15) is 31.3 Å². The number of nitrogens with zero attached hydrogens (tertiary/aromatic N) is 2. The van der Waals surface area contributed by atoms with Gasteiger partial charge in [0.15, 0.2) is 4.90 Å². The van der Waals surface area contributed by atoms with Gasteiger partial charge in [0.05, 0.1) is 4.90 Å². The van der Waals surface area contributed by atoms with E-state index >= 15 is 0 Å². The highest BCUT2D eigenvalue weighted by atomic mass is 32.2. The Kier molecular flexibility index (Phi) is 5.60. The second-order valence-electron chi connectivity index (χ2n) is 6.43. The molecule has 3 aromatic rings. The number of nitrogens with one attached hydrogen (secondary N) is 1. The second-order valence-corrected chi connectivity index (χ2v) is 8.32. The fraction of sp³-hybridized carbons (Fsp3) is 0.250. The van der Waals surface area contributed by atoms with Gasteiger partial charge in [-0.15, -0.1) is 0 Å². The molecule has 0 unspecified atom stereocenters. The Hall–Kier alpha value is -3.00. The van der Waals surface area contributed by atoms with Gasteiger partial charge in [0, 0.05) is 23.9 Å². The van der Waals surface area contributed by atoms with Gasteiger partial charge in [-0.1, -0.05) is 31.5 Å². The number of rotatable bonds is 6. The van der Waals surface area contributed by atoms with Crippen molar-refractivity contribution in [2.75, 3.05) is 0 Å². The third-order valence-electron chi connectivity index (χ3n) is 4.43. The smallest absolute Gasteiger partial charge is 0.296 e. The molecule has 0 bridgehead atoms. The minimum Gasteiger partial charge on any atom is -0.493 e. The first kappa shape index (κ1) is 19.8. The zero-order chi connectivity index (χ0) is 20.3. The molecule has 7 nitrogen and oxygen atoms in total. The number of pyridine rings is 1. The number of aryl methyl sites for hydroxylation is 2. The van der Waals surface area contributed by atoms with E-state index < -0.39 is 26.2 Å². The monoisotopic (exact) mass is 399 g/mol. The number of H-pyrrole nitrogens is 1. The average molecular weight is 399 g/mol. The van der Waals surface area contributed by atoms with Crippen LogP contribution in [0.2, 0.25) is 0 Å². The summed E-state index contributed by atoms with van der Waals surface area (Å²) < 4.78 is 25.8. The highest BCUT2D eigenvalue weighted by Crippen LogP contribution is 2.27. The van der Waals surface area contributed by atoms with E-state index in [-0.39, 0.29) is 10.7 Å². The van der Waals surface area contributed by atoms with Crippen molar-refractivity contribution in [2.45, 2.75) is 42.9 Å². The zero-order valence-electron chi connectivity index (χ0n) is 15.6. The van der Waals surface area contributed by atoms with E-state index in [0.717, 1.165) is 29.7 Å². The van der Waals surface area contributed by atoms with Crippen LogP contribution in [-0.4, -0.2) is 28.5 Å². The van der Waals surface area contributed by atoms with Crippen molar-refractivity contribution in [3.8, 4) is 17.0 Å². The Morgan fingerprint density at radius 3 is 2.46 bits per heavy atom. The van der Waals surface area contributed by atoms with E-state index in [9.17, 15) is 18.3 Å². The summed E-state index contributed by atoms with van der Waals surface area (Å²) in [5.41, 5.74) is 1.54. The van der Waals surface area contributed by atoms with Crippen molar-refractivity contribution >= 4 is 9.84 Å². The molecule has 0 aliphatic rings. The first-order valence-electron chi connectivity index (χ1n) is 8.94. The lowest BCUT2D eigenvalue weighted by molar-refractivity contribution is 0.428. The maximum atomic E-state index is 12.9. The molecule has 0 radical (unpaired) electrons. The number of hydrogen-bond donors (Lipinski definition) is 2. The number of aromatic hydroxyl groups is 1. The van der Waals surface area contributed by atoms with Crippen molar-refractivity contribution in [1.82, 2.24) is 15.0 Å². The van der Waals surface area contributed by atoms with E-state index in [1.807, 2.05) is 19.9 Å². The third kappa shape index (κ3) is 3.82. The largest absolute Gasteiger partial charge is 0.493 e.